The summed E-state index contributed by atoms with van der Waals surface area (Å²) in [6.07, 6.45) is 6.29. The number of allylic oxidation sites excluding steroid dienone is 3. The van der Waals surface area contributed by atoms with Gasteiger partial charge in [0.15, 0.2) is 5.75 Å². The summed E-state index contributed by atoms with van der Waals surface area (Å²) >= 11 is 0. The van der Waals surface area contributed by atoms with Crippen LogP contribution in [0.4, 0.5) is 17.2 Å². The average molecular weight is 434 g/mol. The zero-order chi connectivity index (χ0) is 23.5. The lowest BCUT2D eigenvalue weighted by Gasteiger charge is -2.11. The highest BCUT2D eigenvalue weighted by Crippen LogP contribution is 2.34. The summed E-state index contributed by atoms with van der Waals surface area (Å²) in [6, 6.07) is 10.1. The van der Waals surface area contributed by atoms with Gasteiger partial charge in [-0.25, -0.2) is 9.97 Å². The highest BCUT2D eigenvalue weighted by molar-refractivity contribution is 5.93. The summed E-state index contributed by atoms with van der Waals surface area (Å²) in [4.78, 5) is 19.4. The van der Waals surface area contributed by atoms with Crippen LogP contribution in [-0.4, -0.2) is 21.5 Å². The number of nitrogens with one attached hydrogen (secondary N) is 1. The zero-order valence-electron chi connectivity index (χ0n) is 18.4. The van der Waals surface area contributed by atoms with Crippen molar-refractivity contribution in [1.82, 2.24) is 9.97 Å². The van der Waals surface area contributed by atoms with E-state index in [0.29, 0.717) is 34.8 Å². The smallest absolute Gasteiger partial charge is 0.311 e. The van der Waals surface area contributed by atoms with Crippen LogP contribution in [0.1, 0.15) is 20.8 Å². The van der Waals surface area contributed by atoms with Gasteiger partial charge in [0.1, 0.15) is 23.7 Å². The van der Waals surface area contributed by atoms with Crippen molar-refractivity contribution in [1.29, 1.82) is 0 Å². The summed E-state index contributed by atoms with van der Waals surface area (Å²) < 4.78 is 11.1. The molecule has 1 heterocycles. The first-order chi connectivity index (χ1) is 15.5. The van der Waals surface area contributed by atoms with Crippen LogP contribution in [0.2, 0.25) is 0 Å². The largest absolute Gasteiger partial charge is 0.487 e. The molecular weight excluding hydrogens is 408 g/mol. The second-order valence-electron chi connectivity index (χ2n) is 6.01. The van der Waals surface area contributed by atoms with Crippen molar-refractivity contribution in [2.24, 2.45) is 0 Å². The van der Waals surface area contributed by atoms with Crippen LogP contribution in [0.15, 0.2) is 79.9 Å². The Labute approximate surface area is 187 Å². The first-order valence-electron chi connectivity index (χ1n) is 10.1. The van der Waals surface area contributed by atoms with Crippen molar-refractivity contribution < 1.29 is 14.4 Å². The van der Waals surface area contributed by atoms with E-state index in [2.05, 4.69) is 28.4 Å². The van der Waals surface area contributed by atoms with Crippen LogP contribution in [0.25, 0.3) is 10.9 Å². The van der Waals surface area contributed by atoms with E-state index >= 15 is 0 Å². The maximum atomic E-state index is 11.4. The third kappa shape index (κ3) is 5.91. The molecule has 3 aromatic rings. The third-order valence-corrected chi connectivity index (χ3v) is 4.05. The Balaban J connectivity index is 0.00000176. The predicted octanol–water partition coefficient (Wildman–Crippen LogP) is 6.34. The molecule has 0 unspecified atom stereocenters. The lowest BCUT2D eigenvalue weighted by Crippen LogP contribution is -2.00. The van der Waals surface area contributed by atoms with Gasteiger partial charge in [-0.3, -0.25) is 10.1 Å². The van der Waals surface area contributed by atoms with Crippen molar-refractivity contribution in [2.75, 3.05) is 11.9 Å². The van der Waals surface area contributed by atoms with E-state index in [-0.39, 0.29) is 11.4 Å². The van der Waals surface area contributed by atoms with Gasteiger partial charge in [-0.15, -0.1) is 0 Å². The van der Waals surface area contributed by atoms with E-state index in [1.54, 1.807) is 55.5 Å². The minimum absolute atomic E-state index is 0.142. The summed E-state index contributed by atoms with van der Waals surface area (Å²) in [5.41, 5.74) is 1.12. The van der Waals surface area contributed by atoms with Crippen LogP contribution in [-0.2, 0) is 0 Å². The lowest BCUT2D eigenvalue weighted by atomic mass is 10.2. The van der Waals surface area contributed by atoms with E-state index in [4.69, 9.17) is 9.47 Å². The van der Waals surface area contributed by atoms with Crippen molar-refractivity contribution in [3.63, 3.8) is 0 Å². The first kappa shape index (κ1) is 24.1. The number of anilines is 2. The fraction of sp³-hybridized carbons (Fsp3) is 0.167. The first-order valence-corrected chi connectivity index (χ1v) is 10.1. The summed E-state index contributed by atoms with van der Waals surface area (Å²) in [7, 11) is 0. The molecule has 0 amide bonds. The Morgan fingerprint density at radius 2 is 1.91 bits per heavy atom. The van der Waals surface area contributed by atoms with E-state index in [1.165, 1.54) is 12.4 Å². The number of nitro groups is 1. The number of nitrogens with zero attached hydrogens (tertiary/aromatic N) is 3. The molecule has 3 rings (SSSR count). The molecule has 0 bridgehead atoms. The number of aromatic nitrogens is 2. The molecule has 0 saturated carbocycles. The number of nitro benzene ring substituents is 1. The summed E-state index contributed by atoms with van der Waals surface area (Å²) in [5.74, 6) is 1.81. The third-order valence-electron chi connectivity index (χ3n) is 4.05. The Kier molecular flexibility index (Phi) is 8.91. The normalized spacial score (nSPS) is 10.5. The quantitative estimate of drug-likeness (QED) is 0.181. The maximum Gasteiger partial charge on any atom is 0.311 e. The van der Waals surface area contributed by atoms with Gasteiger partial charge in [0.2, 0.25) is 0 Å². The SMILES string of the molecule is C=C/C=C(\C=C)Oc1ccc(Nc2ncnc3cc(OCC)c([N+](=O)[O-])cc23)cc1.CC. The second kappa shape index (κ2) is 11.8. The number of fused-ring (bicyclic) bond motifs is 1. The van der Waals surface area contributed by atoms with Gasteiger partial charge in [0.05, 0.1) is 22.4 Å². The Bertz CT molecular complexity index is 1120. The molecule has 8 nitrogen and oxygen atoms in total. The van der Waals surface area contributed by atoms with E-state index in [1.807, 2.05) is 13.8 Å². The van der Waals surface area contributed by atoms with Gasteiger partial charge in [-0.05, 0) is 43.3 Å². The molecule has 0 fully saturated rings. The highest BCUT2D eigenvalue weighted by Gasteiger charge is 2.19. The van der Waals surface area contributed by atoms with E-state index in [0.717, 1.165) is 5.69 Å². The van der Waals surface area contributed by atoms with Crippen LogP contribution in [0, 0.1) is 10.1 Å². The topological polar surface area (TPSA) is 99.4 Å². The van der Waals surface area contributed by atoms with Crippen LogP contribution in [0.3, 0.4) is 0 Å². The molecular formula is C24H26N4O4. The maximum absolute atomic E-state index is 11.4. The Hall–Kier alpha value is -4.20. The molecule has 1 N–H and O–H groups in total. The number of benzene rings is 2. The van der Waals surface area contributed by atoms with Crippen LogP contribution in [0.5, 0.6) is 11.5 Å². The van der Waals surface area contributed by atoms with Gasteiger partial charge in [0.25, 0.3) is 0 Å². The second-order valence-corrected chi connectivity index (χ2v) is 6.01. The Morgan fingerprint density at radius 3 is 2.50 bits per heavy atom. The number of ether oxygens (including phenoxy) is 2. The average Bonchev–Trinajstić information content (AvgIpc) is 2.81. The number of hydrogen-bond acceptors (Lipinski definition) is 7. The molecule has 166 valence electrons. The summed E-state index contributed by atoms with van der Waals surface area (Å²) in [5, 5.41) is 15.1. The molecule has 0 atom stereocenters. The van der Waals surface area contributed by atoms with Crippen molar-refractivity contribution in [2.45, 2.75) is 20.8 Å². The highest BCUT2D eigenvalue weighted by atomic mass is 16.6. The standard InChI is InChI=1S/C22H20N4O4.C2H6/c1-4-7-16(5-2)30-17-10-8-15(9-11-17)25-22-18-12-20(26(27)28)21(29-6-3)13-19(18)23-14-24-22;1-2/h4-5,7-14H,1-2,6H2,3H3,(H,23,24,25);1-2H3/b16-7+;. The number of hydrogen-bond donors (Lipinski definition) is 1. The van der Waals surface area contributed by atoms with Gasteiger partial charge in [0, 0.05) is 17.8 Å². The van der Waals surface area contributed by atoms with Gasteiger partial charge >= 0.3 is 5.69 Å². The van der Waals surface area contributed by atoms with Crippen LogP contribution >= 0.6 is 0 Å². The molecule has 0 radical (unpaired) electrons. The molecule has 32 heavy (non-hydrogen) atoms. The molecule has 1 aromatic heterocycles. The summed E-state index contributed by atoms with van der Waals surface area (Å²) in [6.45, 7) is 13.4. The Morgan fingerprint density at radius 1 is 1.19 bits per heavy atom. The fourth-order valence-electron chi connectivity index (χ4n) is 2.72. The molecule has 0 aliphatic rings. The lowest BCUT2D eigenvalue weighted by molar-refractivity contribution is -0.385. The fourth-order valence-corrected chi connectivity index (χ4v) is 2.72. The molecule has 0 aliphatic carbocycles. The van der Waals surface area contributed by atoms with Crippen LogP contribution < -0.4 is 14.8 Å². The molecule has 0 spiro atoms. The predicted molar refractivity (Wildman–Crippen MR) is 128 cm³/mol. The molecule has 8 heteroatoms. The minimum atomic E-state index is -0.485. The molecule has 0 aliphatic heterocycles. The van der Waals surface area contributed by atoms with Gasteiger partial charge in [-0.2, -0.15) is 0 Å². The van der Waals surface area contributed by atoms with Crippen molar-refractivity contribution in [3.05, 3.63) is 90.0 Å². The molecule has 0 saturated heterocycles. The van der Waals surface area contributed by atoms with Crippen molar-refractivity contribution in [3.8, 4) is 11.5 Å². The number of rotatable bonds is 9. The van der Waals surface area contributed by atoms with Gasteiger partial charge in [-0.1, -0.05) is 33.1 Å². The zero-order valence-corrected chi connectivity index (χ0v) is 18.4. The van der Waals surface area contributed by atoms with Crippen molar-refractivity contribution >= 4 is 28.1 Å². The minimum Gasteiger partial charge on any atom is -0.487 e. The molecule has 2 aromatic carbocycles. The van der Waals surface area contributed by atoms with E-state index in [9.17, 15) is 10.1 Å². The van der Waals surface area contributed by atoms with Gasteiger partial charge < -0.3 is 14.8 Å². The monoisotopic (exact) mass is 434 g/mol. The van der Waals surface area contributed by atoms with E-state index < -0.39 is 4.92 Å².